The fourth-order valence-corrected chi connectivity index (χ4v) is 1.60. The van der Waals surface area contributed by atoms with Crippen molar-refractivity contribution in [1.82, 2.24) is 5.16 Å². The van der Waals surface area contributed by atoms with Crippen LogP contribution >= 0.6 is 0 Å². The number of esters is 1. The lowest BCUT2D eigenvalue weighted by atomic mass is 9.89. The predicted molar refractivity (Wildman–Crippen MR) is 71.1 cm³/mol. The number of carbonyl (C=O) groups excluding carboxylic acids is 1. The Morgan fingerprint density at radius 2 is 1.86 bits per heavy atom. The summed E-state index contributed by atoms with van der Waals surface area (Å²) >= 11 is 0. The van der Waals surface area contributed by atoms with Crippen LogP contribution < -0.4 is 0 Å². The molecule has 0 radical (unpaired) electrons. The highest BCUT2D eigenvalue weighted by atomic mass is 19.4. The van der Waals surface area contributed by atoms with E-state index in [2.05, 4.69) is 9.68 Å². The fraction of sp³-hybridized carbons (Fsp3) is 0.333. The van der Waals surface area contributed by atoms with Crippen LogP contribution in [0, 0.1) is 0 Å². The molecule has 0 aliphatic rings. The van der Waals surface area contributed by atoms with E-state index >= 15 is 0 Å². The van der Waals surface area contributed by atoms with Gasteiger partial charge in [0.25, 0.3) is 0 Å². The molecule has 0 fully saturated rings. The van der Waals surface area contributed by atoms with Crippen LogP contribution in [0.1, 0.15) is 35.7 Å². The van der Waals surface area contributed by atoms with Crippen molar-refractivity contribution in [3.05, 3.63) is 53.4 Å². The first-order chi connectivity index (χ1) is 10.2. The van der Waals surface area contributed by atoms with Crippen LogP contribution in [0.4, 0.5) is 13.2 Å². The van der Waals surface area contributed by atoms with Crippen molar-refractivity contribution in [2.45, 2.75) is 32.0 Å². The molecule has 7 heteroatoms. The second kappa shape index (κ2) is 5.82. The molecule has 4 nitrogen and oxygen atoms in total. The Balaban J connectivity index is 2.07. The number of hydrogen-bond acceptors (Lipinski definition) is 4. The number of aromatic nitrogens is 1. The van der Waals surface area contributed by atoms with Gasteiger partial charge in [-0.3, -0.25) is 0 Å². The molecule has 0 N–H and O–H groups in total. The van der Waals surface area contributed by atoms with E-state index in [1.165, 1.54) is 0 Å². The third kappa shape index (κ3) is 3.29. The summed E-state index contributed by atoms with van der Waals surface area (Å²) in [5.74, 6) is -1.27. The number of carbonyl (C=O) groups is 1. The summed E-state index contributed by atoms with van der Waals surface area (Å²) in [6.07, 6.45) is -4.52. The summed E-state index contributed by atoms with van der Waals surface area (Å²) in [4.78, 5) is 11.8. The average molecular weight is 313 g/mol. The number of rotatable bonds is 4. The lowest BCUT2D eigenvalue weighted by molar-refractivity contribution is -0.185. The Morgan fingerprint density at radius 3 is 2.45 bits per heavy atom. The Morgan fingerprint density at radius 1 is 1.23 bits per heavy atom. The molecule has 0 atom stereocenters. The molecule has 0 saturated heterocycles. The van der Waals surface area contributed by atoms with E-state index in [4.69, 9.17) is 4.74 Å². The first-order valence-electron chi connectivity index (χ1n) is 6.47. The average Bonchev–Trinajstić information content (AvgIpc) is 2.95. The summed E-state index contributed by atoms with van der Waals surface area (Å²) in [7, 11) is 0. The lowest BCUT2D eigenvalue weighted by Gasteiger charge is -2.24. The highest BCUT2D eigenvalue weighted by Crippen LogP contribution is 2.40. The zero-order valence-electron chi connectivity index (χ0n) is 12.0. The maximum absolute atomic E-state index is 12.9. The monoisotopic (exact) mass is 313 g/mol. The summed E-state index contributed by atoms with van der Waals surface area (Å²) in [6, 6.07) is 9.85. The molecule has 1 aromatic carbocycles. The maximum atomic E-state index is 12.9. The van der Waals surface area contributed by atoms with Gasteiger partial charge in [-0.2, -0.15) is 13.2 Å². The smallest absolute Gasteiger partial charge is 0.401 e. The molecule has 0 unspecified atom stereocenters. The van der Waals surface area contributed by atoms with Crippen molar-refractivity contribution in [3.8, 4) is 0 Å². The summed E-state index contributed by atoms with van der Waals surface area (Å²) in [6.45, 7) is 1.91. The summed E-state index contributed by atoms with van der Waals surface area (Å²) < 4.78 is 48.3. The molecule has 0 spiro atoms. The molecule has 22 heavy (non-hydrogen) atoms. The van der Waals surface area contributed by atoms with Crippen molar-refractivity contribution >= 4 is 5.97 Å². The topological polar surface area (TPSA) is 52.3 Å². The van der Waals surface area contributed by atoms with Crippen LogP contribution in [-0.2, 0) is 16.8 Å². The SMILES string of the molecule is CC(C)(c1cc(C(=O)OCc2ccccc2)no1)C(F)(F)F. The number of hydrogen-bond donors (Lipinski definition) is 0. The Hall–Kier alpha value is -2.31. The van der Waals surface area contributed by atoms with Gasteiger partial charge in [0, 0.05) is 6.07 Å². The molecule has 118 valence electrons. The Kier molecular flexibility index (Phi) is 4.25. The number of benzene rings is 1. The van der Waals surface area contributed by atoms with Gasteiger partial charge in [-0.15, -0.1) is 0 Å². The third-order valence-electron chi connectivity index (χ3n) is 3.26. The second-order valence-electron chi connectivity index (χ2n) is 5.26. The van der Waals surface area contributed by atoms with E-state index < -0.39 is 23.3 Å². The number of halogens is 3. The molecule has 0 amide bonds. The molecule has 2 rings (SSSR count). The minimum absolute atomic E-state index is 0.00449. The van der Waals surface area contributed by atoms with E-state index in [0.717, 1.165) is 25.5 Å². The van der Waals surface area contributed by atoms with Crippen LogP contribution in [-0.4, -0.2) is 17.3 Å². The molecule has 1 aromatic heterocycles. The van der Waals surface area contributed by atoms with Crippen molar-refractivity contribution < 1.29 is 27.2 Å². The summed E-state index contributed by atoms with van der Waals surface area (Å²) in [5.41, 5.74) is -1.77. The van der Waals surface area contributed by atoms with Crippen LogP contribution in [0.2, 0.25) is 0 Å². The highest BCUT2D eigenvalue weighted by Gasteiger charge is 2.51. The molecule has 0 saturated carbocycles. The quantitative estimate of drug-likeness (QED) is 0.804. The first-order valence-corrected chi connectivity index (χ1v) is 6.47. The summed E-state index contributed by atoms with van der Waals surface area (Å²) in [5, 5.41) is 3.36. The van der Waals surface area contributed by atoms with Gasteiger partial charge in [0.15, 0.2) is 11.5 Å². The minimum atomic E-state index is -4.52. The van der Waals surface area contributed by atoms with E-state index in [-0.39, 0.29) is 12.3 Å². The standard InChI is InChI=1S/C15H14F3NO3/c1-14(2,15(16,17)18)12-8-11(19-22-12)13(20)21-9-10-6-4-3-5-7-10/h3-8H,9H2,1-2H3. The van der Waals surface area contributed by atoms with Gasteiger partial charge in [0.05, 0.1) is 0 Å². The zero-order chi connectivity index (χ0) is 16.4. The van der Waals surface area contributed by atoms with E-state index in [9.17, 15) is 18.0 Å². The molecular formula is C15H14F3NO3. The second-order valence-corrected chi connectivity index (χ2v) is 5.26. The number of nitrogens with zero attached hydrogens (tertiary/aromatic N) is 1. The Bertz CT molecular complexity index is 648. The van der Waals surface area contributed by atoms with Crippen molar-refractivity contribution in [3.63, 3.8) is 0 Å². The van der Waals surface area contributed by atoms with Gasteiger partial charge >= 0.3 is 12.1 Å². The van der Waals surface area contributed by atoms with Gasteiger partial charge in [0.1, 0.15) is 12.0 Å². The predicted octanol–water partition coefficient (Wildman–Crippen LogP) is 3.87. The molecular weight excluding hydrogens is 299 g/mol. The fourth-order valence-electron chi connectivity index (χ4n) is 1.60. The van der Waals surface area contributed by atoms with Gasteiger partial charge in [-0.1, -0.05) is 35.5 Å². The van der Waals surface area contributed by atoms with Crippen molar-refractivity contribution in [2.24, 2.45) is 0 Å². The van der Waals surface area contributed by atoms with E-state index in [0.29, 0.717) is 0 Å². The number of ether oxygens (including phenoxy) is 1. The maximum Gasteiger partial charge on any atom is 0.401 e. The molecule has 2 aromatic rings. The van der Waals surface area contributed by atoms with Gasteiger partial charge < -0.3 is 9.26 Å². The molecule has 0 aliphatic heterocycles. The van der Waals surface area contributed by atoms with Crippen LogP contribution in [0.15, 0.2) is 40.9 Å². The van der Waals surface area contributed by atoms with E-state index in [1.807, 2.05) is 6.07 Å². The van der Waals surface area contributed by atoms with Crippen molar-refractivity contribution in [1.29, 1.82) is 0 Å². The number of alkyl halides is 3. The lowest BCUT2D eigenvalue weighted by Crippen LogP contribution is -2.35. The first kappa shape index (κ1) is 16.1. The Labute approximate surface area is 124 Å². The van der Waals surface area contributed by atoms with Gasteiger partial charge in [0.2, 0.25) is 0 Å². The van der Waals surface area contributed by atoms with Crippen molar-refractivity contribution in [2.75, 3.05) is 0 Å². The van der Waals surface area contributed by atoms with Crippen LogP contribution in [0.3, 0.4) is 0 Å². The molecule has 0 bridgehead atoms. The normalized spacial score (nSPS) is 12.2. The molecule has 0 aliphatic carbocycles. The molecule has 1 heterocycles. The van der Waals surface area contributed by atoms with E-state index in [1.54, 1.807) is 24.3 Å². The minimum Gasteiger partial charge on any atom is -0.456 e. The highest BCUT2D eigenvalue weighted by molar-refractivity contribution is 5.87. The van der Waals surface area contributed by atoms with Gasteiger partial charge in [-0.05, 0) is 19.4 Å². The van der Waals surface area contributed by atoms with Crippen LogP contribution in [0.5, 0.6) is 0 Å². The van der Waals surface area contributed by atoms with Gasteiger partial charge in [-0.25, -0.2) is 4.79 Å². The zero-order valence-corrected chi connectivity index (χ0v) is 12.0. The van der Waals surface area contributed by atoms with Crippen LogP contribution in [0.25, 0.3) is 0 Å². The third-order valence-corrected chi connectivity index (χ3v) is 3.26. The largest absolute Gasteiger partial charge is 0.456 e.